The van der Waals surface area contributed by atoms with Gasteiger partial charge in [-0.2, -0.15) is 0 Å². The van der Waals surface area contributed by atoms with Gasteiger partial charge in [-0.05, 0) is 37.5 Å². The fourth-order valence-corrected chi connectivity index (χ4v) is 1.88. The van der Waals surface area contributed by atoms with Crippen molar-refractivity contribution < 1.29 is 14.3 Å². The molecule has 0 heterocycles. The summed E-state index contributed by atoms with van der Waals surface area (Å²) < 4.78 is 5.32. The van der Waals surface area contributed by atoms with Gasteiger partial charge in [0.2, 0.25) is 0 Å². The van der Waals surface area contributed by atoms with E-state index in [4.69, 9.17) is 4.74 Å². The molecule has 1 aliphatic carbocycles. The van der Waals surface area contributed by atoms with E-state index in [0.29, 0.717) is 18.3 Å². The lowest BCUT2D eigenvalue weighted by atomic mass is 9.92. The second-order valence-electron chi connectivity index (χ2n) is 4.12. The first-order chi connectivity index (χ1) is 8.26. The molecule has 0 aliphatic heterocycles. The Morgan fingerprint density at radius 2 is 2.06 bits per heavy atom. The molecule has 0 saturated carbocycles. The van der Waals surface area contributed by atoms with Crippen LogP contribution in [-0.2, 0) is 9.53 Å². The van der Waals surface area contributed by atoms with Crippen LogP contribution in [0.4, 0.5) is 0 Å². The lowest BCUT2D eigenvalue weighted by molar-refractivity contribution is -0.121. The second-order valence-corrected chi connectivity index (χ2v) is 4.12. The van der Waals surface area contributed by atoms with Crippen molar-refractivity contribution >= 4 is 12.3 Å². The van der Waals surface area contributed by atoms with Crippen LogP contribution in [0.25, 0.3) is 0 Å². The van der Waals surface area contributed by atoms with E-state index in [0.717, 1.165) is 12.8 Å². The molecule has 88 valence electrons. The number of esters is 1. The third-order valence-electron chi connectivity index (χ3n) is 2.83. The van der Waals surface area contributed by atoms with Crippen LogP contribution in [0.2, 0.25) is 0 Å². The first-order valence-corrected chi connectivity index (χ1v) is 5.68. The number of rotatable bonds is 3. The number of carbonyl (C=O) groups excluding carboxylic acids is 2. The van der Waals surface area contributed by atoms with Crippen molar-refractivity contribution in [2.75, 3.05) is 0 Å². The van der Waals surface area contributed by atoms with Gasteiger partial charge in [-0.3, -0.25) is 4.79 Å². The monoisotopic (exact) mass is 230 g/mol. The number of aldehydes is 1. The Labute approximate surface area is 100 Å². The zero-order valence-corrected chi connectivity index (χ0v) is 9.46. The van der Waals surface area contributed by atoms with Crippen LogP contribution < -0.4 is 0 Å². The number of hydrogen-bond donors (Lipinski definition) is 0. The fraction of sp³-hybridized carbons (Fsp3) is 0.286. The predicted molar refractivity (Wildman–Crippen MR) is 63.6 cm³/mol. The molecular weight excluding hydrogens is 216 g/mol. The zero-order valence-electron chi connectivity index (χ0n) is 9.46. The van der Waals surface area contributed by atoms with Gasteiger partial charge in [-0.1, -0.05) is 24.3 Å². The molecule has 0 aromatic heterocycles. The molecule has 0 N–H and O–H groups in total. The SMILES string of the molecule is O=C[C@]1(OC(=O)c2ccccc2)C=CCCC1. The summed E-state index contributed by atoms with van der Waals surface area (Å²) in [6.45, 7) is 0. The van der Waals surface area contributed by atoms with E-state index in [1.54, 1.807) is 30.3 Å². The Balaban J connectivity index is 2.15. The van der Waals surface area contributed by atoms with Crippen molar-refractivity contribution in [1.29, 1.82) is 0 Å². The molecule has 0 spiro atoms. The Hall–Kier alpha value is -1.90. The third-order valence-corrected chi connectivity index (χ3v) is 2.83. The Bertz CT molecular complexity index is 436. The molecule has 0 radical (unpaired) electrons. The molecule has 0 saturated heterocycles. The summed E-state index contributed by atoms with van der Waals surface area (Å²) in [4.78, 5) is 23.0. The highest BCUT2D eigenvalue weighted by atomic mass is 16.6. The van der Waals surface area contributed by atoms with E-state index in [-0.39, 0.29) is 0 Å². The quantitative estimate of drug-likeness (QED) is 0.455. The maximum absolute atomic E-state index is 11.9. The van der Waals surface area contributed by atoms with Crippen LogP contribution >= 0.6 is 0 Å². The highest BCUT2D eigenvalue weighted by molar-refractivity contribution is 5.91. The molecule has 1 aromatic carbocycles. The molecule has 17 heavy (non-hydrogen) atoms. The van der Waals surface area contributed by atoms with Gasteiger partial charge in [0.15, 0.2) is 11.9 Å². The van der Waals surface area contributed by atoms with Gasteiger partial charge in [0.25, 0.3) is 0 Å². The summed E-state index contributed by atoms with van der Waals surface area (Å²) in [6.07, 6.45) is 6.63. The van der Waals surface area contributed by atoms with Gasteiger partial charge in [-0.25, -0.2) is 4.79 Å². The topological polar surface area (TPSA) is 43.4 Å². The Kier molecular flexibility index (Phi) is 3.38. The van der Waals surface area contributed by atoms with E-state index in [9.17, 15) is 9.59 Å². The van der Waals surface area contributed by atoms with Gasteiger partial charge >= 0.3 is 5.97 Å². The third kappa shape index (κ3) is 2.61. The van der Waals surface area contributed by atoms with Gasteiger partial charge in [-0.15, -0.1) is 0 Å². The summed E-state index contributed by atoms with van der Waals surface area (Å²) in [5, 5.41) is 0. The summed E-state index contributed by atoms with van der Waals surface area (Å²) in [5.41, 5.74) is -0.599. The molecule has 1 aliphatic rings. The Morgan fingerprint density at radius 3 is 2.65 bits per heavy atom. The first kappa shape index (κ1) is 11.6. The molecule has 0 bridgehead atoms. The van der Waals surface area contributed by atoms with Gasteiger partial charge in [0, 0.05) is 0 Å². The molecular formula is C14H14O3. The average molecular weight is 230 g/mol. The van der Waals surface area contributed by atoms with Gasteiger partial charge in [0.05, 0.1) is 5.56 Å². The summed E-state index contributed by atoms with van der Waals surface area (Å²) in [5.74, 6) is -0.454. The molecule has 3 nitrogen and oxygen atoms in total. The van der Waals surface area contributed by atoms with Gasteiger partial charge in [0.1, 0.15) is 0 Å². The standard InChI is InChI=1S/C14H14O3/c15-11-14(9-5-2-6-10-14)17-13(16)12-7-3-1-4-8-12/h1,3-5,7-9,11H,2,6,10H2/t14-/m0/s1. The van der Waals surface area contributed by atoms with Crippen molar-refractivity contribution in [2.24, 2.45) is 0 Å². The van der Waals surface area contributed by atoms with Crippen LogP contribution in [0.15, 0.2) is 42.5 Å². The summed E-state index contributed by atoms with van der Waals surface area (Å²) in [7, 11) is 0. The zero-order chi connectivity index (χ0) is 12.1. The molecule has 3 heteroatoms. The molecule has 0 unspecified atom stereocenters. The second kappa shape index (κ2) is 4.95. The minimum absolute atomic E-state index is 0.454. The molecule has 1 atom stereocenters. The van der Waals surface area contributed by atoms with Crippen LogP contribution in [0.3, 0.4) is 0 Å². The van der Waals surface area contributed by atoms with E-state index in [1.807, 2.05) is 12.1 Å². The molecule has 0 fully saturated rings. The van der Waals surface area contributed by atoms with Crippen molar-refractivity contribution in [3.63, 3.8) is 0 Å². The highest BCUT2D eigenvalue weighted by Crippen LogP contribution is 2.25. The Morgan fingerprint density at radius 1 is 1.29 bits per heavy atom. The van der Waals surface area contributed by atoms with Crippen molar-refractivity contribution in [3.8, 4) is 0 Å². The smallest absolute Gasteiger partial charge is 0.339 e. The van der Waals surface area contributed by atoms with E-state index < -0.39 is 11.6 Å². The predicted octanol–water partition coefficient (Wildman–Crippen LogP) is 2.52. The normalized spacial score (nSPS) is 23.1. The maximum Gasteiger partial charge on any atom is 0.339 e. The fourth-order valence-electron chi connectivity index (χ4n) is 1.88. The average Bonchev–Trinajstić information content (AvgIpc) is 2.41. The number of allylic oxidation sites excluding steroid dienone is 1. The largest absolute Gasteiger partial charge is 0.443 e. The van der Waals surface area contributed by atoms with Crippen molar-refractivity contribution in [3.05, 3.63) is 48.0 Å². The number of hydrogen-bond acceptors (Lipinski definition) is 3. The molecule has 1 aromatic rings. The minimum Gasteiger partial charge on any atom is -0.443 e. The maximum atomic E-state index is 11.9. The van der Waals surface area contributed by atoms with E-state index in [2.05, 4.69) is 0 Å². The number of benzene rings is 1. The summed E-state index contributed by atoms with van der Waals surface area (Å²) >= 11 is 0. The summed E-state index contributed by atoms with van der Waals surface area (Å²) in [6, 6.07) is 8.70. The van der Waals surface area contributed by atoms with E-state index >= 15 is 0 Å². The van der Waals surface area contributed by atoms with Crippen molar-refractivity contribution in [2.45, 2.75) is 24.9 Å². The van der Waals surface area contributed by atoms with Crippen LogP contribution in [0.1, 0.15) is 29.6 Å². The number of ether oxygens (including phenoxy) is 1. The molecule has 2 rings (SSSR count). The highest BCUT2D eigenvalue weighted by Gasteiger charge is 2.32. The van der Waals surface area contributed by atoms with Crippen LogP contribution in [0.5, 0.6) is 0 Å². The van der Waals surface area contributed by atoms with Crippen molar-refractivity contribution in [1.82, 2.24) is 0 Å². The van der Waals surface area contributed by atoms with Gasteiger partial charge < -0.3 is 4.74 Å². The van der Waals surface area contributed by atoms with Crippen LogP contribution in [0, 0.1) is 0 Å². The van der Waals surface area contributed by atoms with Crippen LogP contribution in [-0.4, -0.2) is 17.9 Å². The van der Waals surface area contributed by atoms with E-state index in [1.165, 1.54) is 0 Å². The lowest BCUT2D eigenvalue weighted by Crippen LogP contribution is -2.36. The lowest BCUT2D eigenvalue weighted by Gasteiger charge is -2.27. The molecule has 0 amide bonds. The first-order valence-electron chi connectivity index (χ1n) is 5.68. The minimum atomic E-state index is -1.06. The number of carbonyl (C=O) groups is 2.